The number of hydrogen-bond donors (Lipinski definition) is 5. The van der Waals surface area contributed by atoms with E-state index >= 15 is 0 Å². The molecule has 4 amide bonds. The molecular weight excluding hydrogens is 600 g/mol. The highest BCUT2D eigenvalue weighted by Crippen LogP contribution is 2.30. The third-order valence-electron chi connectivity index (χ3n) is 7.15. The number of carbonyl (C=O) groups is 7. The summed E-state index contributed by atoms with van der Waals surface area (Å²) in [6.45, 7) is 1.22. The molecule has 1 aliphatic heterocycles. The minimum absolute atomic E-state index is 0.0647. The fourth-order valence-electron chi connectivity index (χ4n) is 4.63. The van der Waals surface area contributed by atoms with Crippen LogP contribution in [0.1, 0.15) is 84.0 Å². The second-order valence-corrected chi connectivity index (χ2v) is 10.8. The van der Waals surface area contributed by atoms with Crippen molar-refractivity contribution < 1.29 is 64.3 Å². The Kier molecular flexibility index (Phi) is 16.1. The van der Waals surface area contributed by atoms with Gasteiger partial charge in [0.2, 0.25) is 17.7 Å². The first-order valence-corrected chi connectivity index (χ1v) is 14.7. The lowest BCUT2D eigenvalue weighted by molar-refractivity contribution is -0.338. The van der Waals surface area contributed by atoms with Gasteiger partial charge in [-0.05, 0) is 25.7 Å². The van der Waals surface area contributed by atoms with Crippen molar-refractivity contribution in [2.24, 2.45) is 0 Å². The Morgan fingerprint density at radius 1 is 1.00 bits per heavy atom. The molecule has 0 radical (unpaired) electrons. The van der Waals surface area contributed by atoms with E-state index in [1.165, 1.54) is 6.08 Å². The molecule has 17 nitrogen and oxygen atoms in total. The summed E-state index contributed by atoms with van der Waals surface area (Å²) in [5.74, 6) is -10.1. The van der Waals surface area contributed by atoms with E-state index in [4.69, 9.17) is 0 Å². The molecule has 1 fully saturated rings. The molecule has 1 saturated heterocycles. The fraction of sp³-hybridized carbons (Fsp3) is 0.679. The quantitative estimate of drug-likeness (QED) is 0.0323. The molecule has 254 valence electrons. The fourth-order valence-corrected chi connectivity index (χ4v) is 4.63. The average Bonchev–Trinajstić information content (AvgIpc) is 3.27. The van der Waals surface area contributed by atoms with Crippen LogP contribution in [0.3, 0.4) is 0 Å². The molecule has 5 N–H and O–H groups in total. The van der Waals surface area contributed by atoms with E-state index in [-0.39, 0.29) is 24.4 Å². The van der Waals surface area contributed by atoms with Crippen LogP contribution in [0.2, 0.25) is 0 Å². The van der Waals surface area contributed by atoms with Crippen molar-refractivity contribution in [1.29, 1.82) is 0 Å². The van der Waals surface area contributed by atoms with E-state index in [1.54, 1.807) is 6.08 Å². The number of allylic oxidation sites excluding steroid dienone is 1. The lowest BCUT2D eigenvalue weighted by atomic mass is 9.94. The predicted octanol–water partition coefficient (Wildman–Crippen LogP) is -4.43. The molecule has 17 heteroatoms. The molecule has 45 heavy (non-hydrogen) atoms. The number of likely N-dealkylation sites (tertiary alicyclic amines) is 1. The molecule has 1 rings (SSSR count). The number of unbranched alkanes of at least 4 members (excludes halogenated alkanes) is 5. The SMILES string of the molecule is CCCCCCC/C=C/C(=O)N(O)CCCNC(=O)CC(O)(CC(=O)NCCC(C(=O)[O-])N1C(=O)CCC1(O)C(=O)[O-])C(=O)[O-]. The number of hydroxylamine groups is 2. The van der Waals surface area contributed by atoms with Crippen molar-refractivity contribution in [3.05, 3.63) is 12.2 Å². The Balaban J connectivity index is 2.53. The van der Waals surface area contributed by atoms with Crippen molar-refractivity contribution in [2.75, 3.05) is 19.6 Å². The number of aliphatic carboxylic acids is 3. The van der Waals surface area contributed by atoms with Gasteiger partial charge in [0.05, 0.1) is 43.3 Å². The van der Waals surface area contributed by atoms with Crippen LogP contribution in [0, 0.1) is 0 Å². The lowest BCUT2D eigenvalue weighted by Gasteiger charge is -2.40. The van der Waals surface area contributed by atoms with Gasteiger partial charge in [-0.2, -0.15) is 0 Å². The maximum Gasteiger partial charge on any atom is 0.269 e. The maximum absolute atomic E-state index is 12.3. The van der Waals surface area contributed by atoms with Gasteiger partial charge < -0.3 is 55.4 Å². The normalized spacial score (nSPS) is 18.3. The van der Waals surface area contributed by atoms with Crippen molar-refractivity contribution in [2.45, 2.75) is 101 Å². The topological polar surface area (TPSA) is 280 Å². The molecule has 1 heterocycles. The Morgan fingerprint density at radius 2 is 1.60 bits per heavy atom. The standard InChI is InChI=1S/C28H44N4O13/c1-2-3-4-5-6-7-8-10-22(35)31(45)16-9-14-29-20(33)17-27(43,25(39)40)18-21(34)30-15-12-19(24(37)38)32-23(36)11-13-28(32,44)26(41)42/h8,10,19,43-45H,2-7,9,11-18H2,1H3,(H,29,33)(H,30,34)(H,37,38)(H,39,40)(H,41,42)/p-3/b10-8+. The Bertz CT molecular complexity index is 1110. The average molecular weight is 642 g/mol. The molecule has 0 aromatic heterocycles. The molecule has 3 atom stereocenters. The number of nitrogens with zero attached hydrogens (tertiary/aromatic N) is 2. The van der Waals surface area contributed by atoms with E-state index < -0.39 is 97.6 Å². The second-order valence-electron chi connectivity index (χ2n) is 10.8. The largest absolute Gasteiger partial charge is 0.548 e. The van der Waals surface area contributed by atoms with Gasteiger partial charge in [0, 0.05) is 32.0 Å². The van der Waals surface area contributed by atoms with E-state index in [9.17, 15) is 64.3 Å². The van der Waals surface area contributed by atoms with Gasteiger partial charge in [0.25, 0.3) is 5.91 Å². The van der Waals surface area contributed by atoms with Gasteiger partial charge in [-0.3, -0.25) is 24.4 Å². The summed E-state index contributed by atoms with van der Waals surface area (Å²) in [5, 5.41) is 69.7. The number of aliphatic hydroxyl groups is 2. The van der Waals surface area contributed by atoms with E-state index in [0.29, 0.717) is 11.5 Å². The molecular formula is C28H41N4O13-3. The third-order valence-corrected chi connectivity index (χ3v) is 7.15. The smallest absolute Gasteiger partial charge is 0.269 e. The predicted molar refractivity (Wildman–Crippen MR) is 145 cm³/mol. The van der Waals surface area contributed by atoms with Crippen molar-refractivity contribution in [3.63, 3.8) is 0 Å². The zero-order valence-electron chi connectivity index (χ0n) is 25.2. The summed E-state index contributed by atoms with van der Waals surface area (Å²) in [4.78, 5) is 83.2. The number of hydrogen-bond acceptors (Lipinski definition) is 13. The first-order chi connectivity index (χ1) is 21.1. The number of carbonyl (C=O) groups excluding carboxylic acids is 7. The zero-order valence-corrected chi connectivity index (χ0v) is 25.2. The summed E-state index contributed by atoms with van der Waals surface area (Å²) < 4.78 is 0. The summed E-state index contributed by atoms with van der Waals surface area (Å²) >= 11 is 0. The van der Waals surface area contributed by atoms with Crippen LogP contribution < -0.4 is 26.0 Å². The number of rotatable bonds is 22. The van der Waals surface area contributed by atoms with E-state index in [1.807, 2.05) is 0 Å². The minimum Gasteiger partial charge on any atom is -0.548 e. The number of carboxylic acids is 3. The molecule has 3 unspecified atom stereocenters. The van der Waals surface area contributed by atoms with Gasteiger partial charge in [0.15, 0.2) is 5.72 Å². The maximum atomic E-state index is 12.3. The lowest BCUT2D eigenvalue weighted by Crippen LogP contribution is -2.64. The van der Waals surface area contributed by atoms with Crippen molar-refractivity contribution in [3.8, 4) is 0 Å². The third kappa shape index (κ3) is 12.4. The first kappa shape index (κ1) is 38.9. The summed E-state index contributed by atoms with van der Waals surface area (Å²) in [6.07, 6.45) is 4.87. The highest BCUT2D eigenvalue weighted by molar-refractivity contribution is 5.92. The number of amides is 4. The highest BCUT2D eigenvalue weighted by atomic mass is 16.5. The van der Waals surface area contributed by atoms with Crippen molar-refractivity contribution >= 4 is 41.5 Å². The monoisotopic (exact) mass is 641 g/mol. The number of nitrogens with one attached hydrogen (secondary N) is 2. The van der Waals surface area contributed by atoms with Gasteiger partial charge >= 0.3 is 0 Å². The molecule has 1 aliphatic rings. The van der Waals surface area contributed by atoms with Crippen LogP contribution in [0.5, 0.6) is 0 Å². The number of carboxylic acid groups (broad SMARTS) is 3. The molecule has 0 bridgehead atoms. The van der Waals surface area contributed by atoms with Crippen LogP contribution in [0.4, 0.5) is 0 Å². The molecule has 0 aliphatic carbocycles. The summed E-state index contributed by atoms with van der Waals surface area (Å²) in [7, 11) is 0. The van der Waals surface area contributed by atoms with Crippen LogP contribution >= 0.6 is 0 Å². The van der Waals surface area contributed by atoms with Crippen LogP contribution in [-0.4, -0.2) is 104 Å². The van der Waals surface area contributed by atoms with Gasteiger partial charge in [-0.15, -0.1) is 0 Å². The Hall–Kier alpha value is -4.09. The molecule has 0 aromatic rings. The summed E-state index contributed by atoms with van der Waals surface area (Å²) in [6, 6.07) is -2.00. The Labute approximate surface area is 259 Å². The Morgan fingerprint density at radius 3 is 2.16 bits per heavy atom. The minimum atomic E-state index is -2.98. The van der Waals surface area contributed by atoms with Crippen molar-refractivity contribution in [1.82, 2.24) is 20.6 Å². The van der Waals surface area contributed by atoms with Gasteiger partial charge in [0.1, 0.15) is 5.60 Å². The zero-order chi connectivity index (χ0) is 34.2. The van der Waals surface area contributed by atoms with Gasteiger partial charge in [-0.1, -0.05) is 38.7 Å². The highest BCUT2D eigenvalue weighted by Gasteiger charge is 2.48. The van der Waals surface area contributed by atoms with E-state index in [2.05, 4.69) is 17.6 Å². The van der Waals surface area contributed by atoms with E-state index in [0.717, 1.165) is 32.1 Å². The first-order valence-electron chi connectivity index (χ1n) is 14.7. The van der Waals surface area contributed by atoms with Gasteiger partial charge in [-0.25, -0.2) is 5.06 Å². The van der Waals surface area contributed by atoms with Crippen LogP contribution in [0.15, 0.2) is 12.2 Å². The second kappa shape index (κ2) is 18.7. The summed E-state index contributed by atoms with van der Waals surface area (Å²) in [5.41, 5.74) is -5.90. The molecule has 0 spiro atoms. The van der Waals surface area contributed by atoms with Crippen LogP contribution in [0.25, 0.3) is 0 Å². The van der Waals surface area contributed by atoms with Crippen LogP contribution in [-0.2, 0) is 33.6 Å². The molecule has 0 saturated carbocycles. The molecule has 0 aromatic carbocycles.